The van der Waals surface area contributed by atoms with Crippen LogP contribution in [-0.4, -0.2) is 47.9 Å². The molecule has 0 spiro atoms. The fourth-order valence-electron chi connectivity index (χ4n) is 6.48. The molecular formula is C25H27IN2O6S2. The summed E-state index contributed by atoms with van der Waals surface area (Å²) in [7, 11) is 2.79. The second-order valence-corrected chi connectivity index (χ2v) is 12.9. The first kappa shape index (κ1) is 25.8. The highest BCUT2D eigenvalue weighted by Crippen LogP contribution is 2.60. The molecule has 5 fully saturated rings. The van der Waals surface area contributed by atoms with Gasteiger partial charge in [-0.05, 0) is 115 Å². The quantitative estimate of drug-likeness (QED) is 0.204. The molecule has 4 saturated carbocycles. The van der Waals surface area contributed by atoms with Crippen LogP contribution in [0.2, 0.25) is 0 Å². The van der Waals surface area contributed by atoms with E-state index in [4.69, 9.17) is 21.7 Å². The van der Waals surface area contributed by atoms with E-state index in [1.165, 1.54) is 38.5 Å². The third-order valence-electron chi connectivity index (χ3n) is 7.64. The number of hydrogen-bond donors (Lipinski definition) is 1. The van der Waals surface area contributed by atoms with E-state index >= 15 is 0 Å². The third-order valence-corrected chi connectivity index (χ3v) is 9.74. The summed E-state index contributed by atoms with van der Waals surface area (Å²) in [6.45, 7) is -0.246. The second-order valence-electron chi connectivity index (χ2n) is 10.1. The minimum atomic E-state index is -0.504. The van der Waals surface area contributed by atoms with Gasteiger partial charge in [0.1, 0.15) is 0 Å². The highest BCUT2D eigenvalue weighted by Gasteiger charge is 2.55. The minimum absolute atomic E-state index is 0.0672. The number of amides is 2. The van der Waals surface area contributed by atoms with Gasteiger partial charge in [0.2, 0.25) is 5.91 Å². The van der Waals surface area contributed by atoms with Gasteiger partial charge in [-0.1, -0.05) is 11.8 Å². The van der Waals surface area contributed by atoms with Gasteiger partial charge in [-0.3, -0.25) is 15.0 Å². The molecule has 4 aliphatic carbocycles. The topological polar surface area (TPSA) is 94.2 Å². The van der Waals surface area contributed by atoms with Crippen LogP contribution in [0, 0.1) is 26.7 Å². The van der Waals surface area contributed by atoms with E-state index in [1.807, 2.05) is 6.07 Å². The van der Waals surface area contributed by atoms with Crippen LogP contribution in [0.5, 0.6) is 11.5 Å². The number of ether oxygens (including phenoxy) is 3. The third kappa shape index (κ3) is 4.85. The van der Waals surface area contributed by atoms with Crippen molar-refractivity contribution in [3.63, 3.8) is 0 Å². The SMILES string of the molecule is COC(=O)COc1c(I)cc(/C=C2\SC(=S)N(NC(=O)C34CC5CC(CC(C5)C3)C4)C2=O)cc1OC. The summed E-state index contributed by atoms with van der Waals surface area (Å²) in [6.07, 6.45) is 8.18. The zero-order valence-electron chi connectivity index (χ0n) is 20.0. The molecule has 1 N–H and O–H groups in total. The molecule has 6 rings (SSSR count). The number of benzene rings is 1. The molecular weight excluding hydrogens is 615 g/mol. The van der Waals surface area contributed by atoms with Crippen LogP contribution in [0.25, 0.3) is 6.08 Å². The number of esters is 1. The van der Waals surface area contributed by atoms with Crippen LogP contribution in [-0.2, 0) is 19.1 Å². The van der Waals surface area contributed by atoms with E-state index in [0.717, 1.165) is 31.0 Å². The van der Waals surface area contributed by atoms with Crippen molar-refractivity contribution in [3.8, 4) is 11.5 Å². The standard InChI is InChI=1S/C25H27IN2O6S2/c1-32-18-7-13(6-17(26)21(18)34-12-20(29)33-2)8-19-22(30)28(24(35)36-19)27-23(31)25-9-14-3-15(10-25)5-16(4-14)11-25/h6-8,14-16H,3-5,9-12H2,1-2H3,(H,27,31)/b19-8-. The zero-order chi connectivity index (χ0) is 25.6. The lowest BCUT2D eigenvalue weighted by molar-refractivity contribution is -0.152. The van der Waals surface area contributed by atoms with E-state index in [9.17, 15) is 14.4 Å². The van der Waals surface area contributed by atoms with E-state index in [2.05, 4.69) is 32.8 Å². The number of carbonyl (C=O) groups excluding carboxylic acids is 3. The van der Waals surface area contributed by atoms with Gasteiger partial charge in [0.15, 0.2) is 22.4 Å². The normalized spacial score (nSPS) is 29.6. The Morgan fingerprint density at radius 3 is 2.42 bits per heavy atom. The van der Waals surface area contributed by atoms with Gasteiger partial charge in [0.05, 0.1) is 28.1 Å². The van der Waals surface area contributed by atoms with Crippen molar-refractivity contribution in [2.75, 3.05) is 20.8 Å². The smallest absolute Gasteiger partial charge is 0.343 e. The molecule has 4 bridgehead atoms. The first-order valence-corrected chi connectivity index (χ1v) is 14.2. The van der Waals surface area contributed by atoms with Crippen molar-refractivity contribution < 1.29 is 28.6 Å². The summed E-state index contributed by atoms with van der Waals surface area (Å²) in [6, 6.07) is 3.53. The first-order chi connectivity index (χ1) is 17.2. The molecule has 0 radical (unpaired) electrons. The summed E-state index contributed by atoms with van der Waals surface area (Å²) in [5.41, 5.74) is 3.21. The lowest BCUT2D eigenvalue weighted by Crippen LogP contribution is -2.57. The van der Waals surface area contributed by atoms with Crippen molar-refractivity contribution >= 4 is 74.8 Å². The maximum Gasteiger partial charge on any atom is 0.343 e. The molecule has 0 aromatic heterocycles. The van der Waals surface area contributed by atoms with Crippen LogP contribution in [0.4, 0.5) is 0 Å². The minimum Gasteiger partial charge on any atom is -0.493 e. The molecule has 1 aromatic carbocycles. The molecule has 1 saturated heterocycles. The predicted octanol–water partition coefficient (Wildman–Crippen LogP) is 4.30. The Labute approximate surface area is 233 Å². The molecule has 0 atom stereocenters. The summed E-state index contributed by atoms with van der Waals surface area (Å²) >= 11 is 8.70. The number of nitrogens with one attached hydrogen (secondary N) is 1. The number of rotatable bonds is 7. The summed E-state index contributed by atoms with van der Waals surface area (Å²) in [5.74, 6) is 1.81. The number of hydrazine groups is 1. The van der Waals surface area contributed by atoms with Crippen molar-refractivity contribution in [3.05, 3.63) is 26.2 Å². The van der Waals surface area contributed by atoms with Gasteiger partial charge in [-0.15, -0.1) is 0 Å². The lowest BCUT2D eigenvalue weighted by Gasteiger charge is -2.55. The number of thioether (sulfide) groups is 1. The summed E-state index contributed by atoms with van der Waals surface area (Å²) in [4.78, 5) is 38.5. The largest absolute Gasteiger partial charge is 0.493 e. The van der Waals surface area contributed by atoms with E-state index in [1.54, 1.807) is 12.1 Å². The van der Waals surface area contributed by atoms with Crippen LogP contribution in [0.1, 0.15) is 44.1 Å². The monoisotopic (exact) mass is 642 g/mol. The molecule has 2 amide bonds. The van der Waals surface area contributed by atoms with Gasteiger partial charge in [0.25, 0.3) is 5.91 Å². The first-order valence-electron chi connectivity index (χ1n) is 11.9. The number of hydrogen-bond acceptors (Lipinski definition) is 8. The highest BCUT2D eigenvalue weighted by molar-refractivity contribution is 14.1. The van der Waals surface area contributed by atoms with Crippen molar-refractivity contribution in [2.24, 2.45) is 23.2 Å². The fourth-order valence-corrected chi connectivity index (χ4v) is 8.44. The van der Waals surface area contributed by atoms with E-state index in [0.29, 0.717) is 47.6 Å². The fraction of sp³-hybridized carbons (Fsp3) is 0.520. The number of nitrogens with zero attached hydrogens (tertiary/aromatic N) is 1. The average molecular weight is 643 g/mol. The Balaban J connectivity index is 1.31. The molecule has 11 heteroatoms. The molecule has 1 aliphatic heterocycles. The van der Waals surface area contributed by atoms with Gasteiger partial charge >= 0.3 is 5.97 Å². The van der Waals surface area contributed by atoms with Gasteiger partial charge < -0.3 is 14.2 Å². The number of carbonyl (C=O) groups is 3. The van der Waals surface area contributed by atoms with Crippen LogP contribution in [0.15, 0.2) is 17.0 Å². The zero-order valence-corrected chi connectivity index (χ0v) is 23.8. The Bertz CT molecular complexity index is 1130. The lowest BCUT2D eigenvalue weighted by atomic mass is 9.49. The molecule has 1 heterocycles. The van der Waals surface area contributed by atoms with Crippen molar-refractivity contribution in [1.29, 1.82) is 0 Å². The summed E-state index contributed by atoms with van der Waals surface area (Å²) in [5, 5.41) is 1.22. The number of halogens is 1. The average Bonchev–Trinajstić information content (AvgIpc) is 3.09. The molecule has 192 valence electrons. The predicted molar refractivity (Wildman–Crippen MR) is 147 cm³/mol. The number of thiocarbonyl (C=S) groups is 1. The van der Waals surface area contributed by atoms with E-state index in [-0.39, 0.29) is 23.8 Å². The Morgan fingerprint density at radius 1 is 1.19 bits per heavy atom. The maximum absolute atomic E-state index is 13.4. The second kappa shape index (κ2) is 10.1. The van der Waals surface area contributed by atoms with Crippen molar-refractivity contribution in [1.82, 2.24) is 10.4 Å². The molecule has 8 nitrogen and oxygen atoms in total. The van der Waals surface area contributed by atoms with Crippen LogP contribution < -0.4 is 14.9 Å². The maximum atomic E-state index is 13.4. The van der Waals surface area contributed by atoms with Crippen molar-refractivity contribution in [2.45, 2.75) is 38.5 Å². The molecule has 1 aromatic rings. The molecule has 36 heavy (non-hydrogen) atoms. The van der Waals surface area contributed by atoms with Gasteiger partial charge in [-0.2, -0.15) is 5.01 Å². The van der Waals surface area contributed by atoms with Crippen LogP contribution >= 0.6 is 46.6 Å². The highest BCUT2D eigenvalue weighted by atomic mass is 127. The molecule has 5 aliphatic rings. The Hall–Kier alpha value is -1.86. The Morgan fingerprint density at radius 2 is 1.83 bits per heavy atom. The molecule has 0 unspecified atom stereocenters. The summed E-state index contributed by atoms with van der Waals surface area (Å²) < 4.78 is 16.6. The van der Waals surface area contributed by atoms with Crippen LogP contribution in [0.3, 0.4) is 0 Å². The van der Waals surface area contributed by atoms with Gasteiger partial charge in [0, 0.05) is 0 Å². The number of methoxy groups -OCH3 is 2. The Kier molecular flexibility index (Phi) is 7.25. The van der Waals surface area contributed by atoms with E-state index < -0.39 is 5.97 Å². The van der Waals surface area contributed by atoms with Gasteiger partial charge in [-0.25, -0.2) is 4.79 Å².